The Bertz CT molecular complexity index is 316. The smallest absolute Gasteiger partial charge is 0.158 e. The highest BCUT2D eigenvalue weighted by Crippen LogP contribution is 2.11. The second-order valence-electron chi connectivity index (χ2n) is 3.97. The molecule has 0 fully saturated rings. The Morgan fingerprint density at radius 3 is 2.71 bits per heavy atom. The van der Waals surface area contributed by atoms with Gasteiger partial charge in [0, 0.05) is 18.3 Å². The largest absolute Gasteiger partial charge is 0.307 e. The van der Waals surface area contributed by atoms with Gasteiger partial charge < -0.3 is 5.43 Å². The summed E-state index contributed by atoms with van der Waals surface area (Å²) < 4.78 is 0. The van der Waals surface area contributed by atoms with E-state index in [1.54, 1.807) is 12.4 Å². The number of nitrogens with two attached hydrogens (primary N) is 1. The molecule has 0 saturated heterocycles. The Balaban J connectivity index is 2.56. The van der Waals surface area contributed by atoms with Crippen molar-refractivity contribution in [2.75, 3.05) is 24.5 Å². The van der Waals surface area contributed by atoms with Crippen LogP contribution >= 0.6 is 11.8 Å². The molecular weight excluding hydrogens is 234 g/mol. The van der Waals surface area contributed by atoms with Gasteiger partial charge in [0.2, 0.25) is 0 Å². The Morgan fingerprint density at radius 2 is 2.24 bits per heavy atom. The van der Waals surface area contributed by atoms with Crippen LogP contribution in [0.3, 0.4) is 0 Å². The van der Waals surface area contributed by atoms with Crippen LogP contribution in [-0.4, -0.2) is 40.0 Å². The van der Waals surface area contributed by atoms with Gasteiger partial charge in [-0.05, 0) is 19.7 Å². The van der Waals surface area contributed by atoms with E-state index in [-0.39, 0.29) is 0 Å². The molecule has 0 aromatic carbocycles. The van der Waals surface area contributed by atoms with Crippen LogP contribution in [0.5, 0.6) is 0 Å². The predicted octanol–water partition coefficient (Wildman–Crippen LogP) is 1.34. The number of hydrazine groups is 1. The van der Waals surface area contributed by atoms with Crippen molar-refractivity contribution in [2.45, 2.75) is 25.9 Å². The zero-order chi connectivity index (χ0) is 12.7. The Kier molecular flexibility index (Phi) is 6.25. The number of nitrogens with zero attached hydrogens (tertiary/aromatic N) is 3. The molecule has 0 amide bonds. The maximum absolute atomic E-state index is 5.24. The van der Waals surface area contributed by atoms with Gasteiger partial charge in [-0.25, -0.2) is 10.8 Å². The molecule has 0 aliphatic carbocycles. The Hall–Kier alpha value is -0.850. The molecule has 0 bridgehead atoms. The van der Waals surface area contributed by atoms with Crippen LogP contribution in [-0.2, 0) is 6.54 Å². The highest BCUT2D eigenvalue weighted by atomic mass is 32.2. The second-order valence-corrected chi connectivity index (χ2v) is 4.88. The summed E-state index contributed by atoms with van der Waals surface area (Å²) in [6.45, 7) is 3.03. The third-order valence-electron chi connectivity index (χ3n) is 2.72. The van der Waals surface area contributed by atoms with Gasteiger partial charge in [-0.1, -0.05) is 6.92 Å². The molecule has 0 saturated carbocycles. The van der Waals surface area contributed by atoms with Crippen molar-refractivity contribution in [3.63, 3.8) is 0 Å². The van der Waals surface area contributed by atoms with E-state index in [0.717, 1.165) is 24.4 Å². The molecule has 1 aromatic heterocycles. The summed E-state index contributed by atoms with van der Waals surface area (Å²) in [5.41, 5.74) is 3.44. The first-order chi connectivity index (χ1) is 8.21. The molecule has 1 heterocycles. The highest BCUT2D eigenvalue weighted by Gasteiger charge is 2.12. The summed E-state index contributed by atoms with van der Waals surface area (Å²) in [7, 11) is 2.13. The summed E-state index contributed by atoms with van der Waals surface area (Å²) >= 11 is 1.88. The van der Waals surface area contributed by atoms with Crippen molar-refractivity contribution in [1.29, 1.82) is 0 Å². The normalized spacial score (nSPS) is 12.8. The second kappa shape index (κ2) is 7.47. The zero-order valence-electron chi connectivity index (χ0n) is 10.7. The molecule has 1 aromatic rings. The van der Waals surface area contributed by atoms with E-state index >= 15 is 0 Å². The number of rotatable bonds is 7. The van der Waals surface area contributed by atoms with Gasteiger partial charge in [-0.3, -0.25) is 9.88 Å². The standard InChI is InChI=1S/C11H21N5S/c1-4-10(8-17-3)16(2)7-9-5-14-11(15-12)6-13-9/h5-6,10H,4,7-8,12H2,1-3H3,(H,14,15). The predicted molar refractivity (Wildman–Crippen MR) is 73.8 cm³/mol. The van der Waals surface area contributed by atoms with Crippen molar-refractivity contribution < 1.29 is 0 Å². The molecule has 0 radical (unpaired) electrons. The van der Waals surface area contributed by atoms with Gasteiger partial charge in [-0.15, -0.1) is 0 Å². The SMILES string of the molecule is CCC(CSC)N(C)Cc1cnc(NN)cn1. The summed E-state index contributed by atoms with van der Waals surface area (Å²) in [5, 5.41) is 0. The minimum absolute atomic E-state index is 0.583. The number of anilines is 1. The maximum atomic E-state index is 5.24. The lowest BCUT2D eigenvalue weighted by Gasteiger charge is -2.26. The van der Waals surface area contributed by atoms with Gasteiger partial charge in [-0.2, -0.15) is 11.8 Å². The lowest BCUT2D eigenvalue weighted by molar-refractivity contribution is 0.245. The van der Waals surface area contributed by atoms with E-state index in [1.807, 2.05) is 11.8 Å². The third-order valence-corrected chi connectivity index (χ3v) is 3.44. The molecule has 1 rings (SSSR count). The van der Waals surface area contributed by atoms with Crippen molar-refractivity contribution >= 4 is 17.6 Å². The van der Waals surface area contributed by atoms with Crippen LogP contribution < -0.4 is 11.3 Å². The van der Waals surface area contributed by atoms with Crippen LogP contribution in [0.25, 0.3) is 0 Å². The van der Waals surface area contributed by atoms with E-state index in [4.69, 9.17) is 5.84 Å². The lowest BCUT2D eigenvalue weighted by atomic mass is 10.2. The summed E-state index contributed by atoms with van der Waals surface area (Å²) in [6.07, 6.45) is 6.70. The van der Waals surface area contributed by atoms with Gasteiger partial charge >= 0.3 is 0 Å². The van der Waals surface area contributed by atoms with Gasteiger partial charge in [0.05, 0.1) is 18.1 Å². The van der Waals surface area contributed by atoms with Crippen molar-refractivity contribution in [2.24, 2.45) is 5.84 Å². The molecule has 5 nitrogen and oxygen atoms in total. The fourth-order valence-corrected chi connectivity index (χ4v) is 2.52. The first-order valence-corrected chi connectivity index (χ1v) is 7.07. The average molecular weight is 255 g/mol. The lowest BCUT2D eigenvalue weighted by Crippen LogP contribution is -2.33. The summed E-state index contributed by atoms with van der Waals surface area (Å²) in [6, 6.07) is 0.583. The van der Waals surface area contributed by atoms with Crippen LogP contribution in [0.1, 0.15) is 19.0 Å². The topological polar surface area (TPSA) is 67.1 Å². The molecule has 0 aliphatic heterocycles. The zero-order valence-corrected chi connectivity index (χ0v) is 11.5. The van der Waals surface area contributed by atoms with E-state index in [1.165, 1.54) is 0 Å². The number of hydrogen-bond acceptors (Lipinski definition) is 6. The number of aromatic nitrogens is 2. The fourth-order valence-electron chi connectivity index (χ4n) is 1.64. The molecular formula is C11H21N5S. The molecule has 3 N–H and O–H groups in total. The van der Waals surface area contributed by atoms with Crippen molar-refractivity contribution in [3.05, 3.63) is 18.1 Å². The number of hydrogen-bond donors (Lipinski definition) is 2. The number of nitrogen functional groups attached to an aromatic ring is 1. The summed E-state index contributed by atoms with van der Waals surface area (Å²) in [5.74, 6) is 6.98. The van der Waals surface area contributed by atoms with Crippen LogP contribution in [0.2, 0.25) is 0 Å². The maximum Gasteiger partial charge on any atom is 0.158 e. The molecule has 17 heavy (non-hydrogen) atoms. The number of nitrogens with one attached hydrogen (secondary N) is 1. The van der Waals surface area contributed by atoms with E-state index in [0.29, 0.717) is 11.9 Å². The Morgan fingerprint density at radius 1 is 1.47 bits per heavy atom. The number of thioether (sulfide) groups is 1. The first kappa shape index (κ1) is 14.2. The van der Waals surface area contributed by atoms with Crippen LogP contribution in [0, 0.1) is 0 Å². The van der Waals surface area contributed by atoms with Crippen molar-refractivity contribution in [3.8, 4) is 0 Å². The molecule has 0 aliphatic rings. The third kappa shape index (κ3) is 4.49. The molecule has 6 heteroatoms. The first-order valence-electron chi connectivity index (χ1n) is 5.68. The van der Waals surface area contributed by atoms with Gasteiger partial charge in [0.25, 0.3) is 0 Å². The molecule has 0 spiro atoms. The highest BCUT2D eigenvalue weighted by molar-refractivity contribution is 7.98. The molecule has 1 atom stereocenters. The molecule has 96 valence electrons. The van der Waals surface area contributed by atoms with E-state index in [9.17, 15) is 0 Å². The monoisotopic (exact) mass is 255 g/mol. The van der Waals surface area contributed by atoms with Crippen LogP contribution in [0.4, 0.5) is 5.82 Å². The quantitative estimate of drug-likeness (QED) is 0.566. The van der Waals surface area contributed by atoms with Gasteiger partial charge in [0.15, 0.2) is 5.82 Å². The minimum atomic E-state index is 0.583. The van der Waals surface area contributed by atoms with E-state index in [2.05, 4.69) is 40.5 Å². The van der Waals surface area contributed by atoms with E-state index < -0.39 is 0 Å². The Labute approximate surface area is 107 Å². The molecule has 1 unspecified atom stereocenters. The summed E-state index contributed by atoms with van der Waals surface area (Å²) in [4.78, 5) is 10.8. The fraction of sp³-hybridized carbons (Fsp3) is 0.636. The van der Waals surface area contributed by atoms with Crippen molar-refractivity contribution in [1.82, 2.24) is 14.9 Å². The van der Waals surface area contributed by atoms with Crippen LogP contribution in [0.15, 0.2) is 12.4 Å². The minimum Gasteiger partial charge on any atom is -0.307 e. The van der Waals surface area contributed by atoms with Gasteiger partial charge in [0.1, 0.15) is 0 Å². The average Bonchev–Trinajstić information content (AvgIpc) is 2.36.